The standard InChI is InChI=1S/C14H17NO3/c1-8-6-11(14(4,7-15)13(16)17)9(2)10(3)12(8)18-5/h6H,1-5H3,(H,16,17). The number of hydrogen-bond acceptors (Lipinski definition) is 3. The van der Waals surface area contributed by atoms with E-state index in [1.165, 1.54) is 6.92 Å². The normalized spacial score (nSPS) is 13.6. The van der Waals surface area contributed by atoms with Crippen molar-refractivity contribution < 1.29 is 14.6 Å². The Hall–Kier alpha value is -2.02. The van der Waals surface area contributed by atoms with Crippen molar-refractivity contribution in [1.29, 1.82) is 5.26 Å². The summed E-state index contributed by atoms with van der Waals surface area (Å²) in [5, 5.41) is 18.4. The first-order valence-corrected chi connectivity index (χ1v) is 5.59. The maximum atomic E-state index is 11.3. The molecule has 0 spiro atoms. The SMILES string of the molecule is COc1c(C)cc(C(C)(C#N)C(=O)O)c(C)c1C. The third kappa shape index (κ3) is 1.92. The molecule has 0 aliphatic carbocycles. The second-order valence-electron chi connectivity index (χ2n) is 4.57. The van der Waals surface area contributed by atoms with Crippen LogP contribution in [0.25, 0.3) is 0 Å². The molecule has 18 heavy (non-hydrogen) atoms. The molecule has 0 aromatic heterocycles. The number of rotatable bonds is 3. The highest BCUT2D eigenvalue weighted by Crippen LogP contribution is 2.35. The van der Waals surface area contributed by atoms with Gasteiger partial charge in [-0.05, 0) is 56.0 Å². The summed E-state index contributed by atoms with van der Waals surface area (Å²) >= 11 is 0. The van der Waals surface area contributed by atoms with Crippen LogP contribution in [0.5, 0.6) is 5.75 Å². The zero-order chi connectivity index (χ0) is 14.1. The first-order valence-electron chi connectivity index (χ1n) is 5.59. The van der Waals surface area contributed by atoms with Gasteiger partial charge in [0, 0.05) is 0 Å². The highest BCUT2D eigenvalue weighted by molar-refractivity contribution is 5.85. The van der Waals surface area contributed by atoms with Gasteiger partial charge in [-0.2, -0.15) is 5.26 Å². The summed E-state index contributed by atoms with van der Waals surface area (Å²) in [6.45, 7) is 6.94. The predicted octanol–water partition coefficient (Wildman–Crippen LogP) is 2.49. The third-order valence-corrected chi connectivity index (χ3v) is 3.42. The minimum atomic E-state index is -1.54. The van der Waals surface area contributed by atoms with Gasteiger partial charge in [-0.15, -0.1) is 0 Å². The maximum absolute atomic E-state index is 11.3. The Morgan fingerprint density at radius 1 is 1.39 bits per heavy atom. The van der Waals surface area contributed by atoms with Crippen LogP contribution in [0.15, 0.2) is 6.07 Å². The monoisotopic (exact) mass is 247 g/mol. The van der Waals surface area contributed by atoms with Gasteiger partial charge in [-0.3, -0.25) is 4.79 Å². The predicted molar refractivity (Wildman–Crippen MR) is 67.8 cm³/mol. The van der Waals surface area contributed by atoms with E-state index in [1.54, 1.807) is 13.2 Å². The molecule has 0 amide bonds. The number of aliphatic carboxylic acids is 1. The van der Waals surface area contributed by atoms with Crippen molar-refractivity contribution in [3.05, 3.63) is 28.3 Å². The number of nitrogens with zero attached hydrogens (tertiary/aromatic N) is 1. The van der Waals surface area contributed by atoms with Crippen molar-refractivity contribution in [1.82, 2.24) is 0 Å². The molecule has 0 fully saturated rings. The Kier molecular flexibility index (Phi) is 3.66. The van der Waals surface area contributed by atoms with E-state index in [4.69, 9.17) is 4.74 Å². The number of nitriles is 1. The van der Waals surface area contributed by atoms with Crippen molar-refractivity contribution in [2.45, 2.75) is 33.1 Å². The van der Waals surface area contributed by atoms with Crippen molar-refractivity contribution in [3.8, 4) is 11.8 Å². The van der Waals surface area contributed by atoms with Gasteiger partial charge < -0.3 is 9.84 Å². The van der Waals surface area contributed by atoms with E-state index in [-0.39, 0.29) is 0 Å². The molecule has 96 valence electrons. The first-order chi connectivity index (χ1) is 8.29. The Morgan fingerprint density at radius 3 is 2.33 bits per heavy atom. The molecule has 4 nitrogen and oxygen atoms in total. The number of ether oxygens (including phenoxy) is 1. The van der Waals surface area contributed by atoms with Crippen LogP contribution in [0, 0.1) is 32.1 Å². The molecular formula is C14H17NO3. The first kappa shape index (κ1) is 14.0. The van der Waals surface area contributed by atoms with Crippen LogP contribution >= 0.6 is 0 Å². The zero-order valence-corrected chi connectivity index (χ0v) is 11.3. The molecule has 1 aromatic carbocycles. The summed E-state index contributed by atoms with van der Waals surface area (Å²) < 4.78 is 5.29. The van der Waals surface area contributed by atoms with E-state index in [9.17, 15) is 15.2 Å². The lowest BCUT2D eigenvalue weighted by Gasteiger charge is -2.23. The Labute approximate surface area is 107 Å². The molecule has 1 unspecified atom stereocenters. The molecule has 0 aliphatic heterocycles. The Morgan fingerprint density at radius 2 is 1.94 bits per heavy atom. The van der Waals surface area contributed by atoms with Gasteiger partial charge in [0.25, 0.3) is 0 Å². The molecule has 0 saturated heterocycles. The maximum Gasteiger partial charge on any atom is 0.328 e. The fraction of sp³-hybridized carbons (Fsp3) is 0.429. The van der Waals surface area contributed by atoms with Crippen molar-refractivity contribution in [2.75, 3.05) is 7.11 Å². The lowest BCUT2D eigenvalue weighted by molar-refractivity contribution is -0.141. The zero-order valence-electron chi connectivity index (χ0n) is 11.3. The number of carbonyl (C=O) groups is 1. The molecule has 1 atom stereocenters. The van der Waals surface area contributed by atoms with Crippen molar-refractivity contribution in [3.63, 3.8) is 0 Å². The number of carboxylic acids is 1. The Bertz CT molecular complexity index is 543. The van der Waals surface area contributed by atoms with E-state index in [0.29, 0.717) is 5.56 Å². The molecule has 0 saturated carbocycles. The fourth-order valence-corrected chi connectivity index (χ4v) is 2.12. The van der Waals surface area contributed by atoms with E-state index in [1.807, 2.05) is 26.8 Å². The van der Waals surface area contributed by atoms with E-state index in [0.717, 1.165) is 22.4 Å². The molecule has 1 aromatic rings. The summed E-state index contributed by atoms with van der Waals surface area (Å²) in [4.78, 5) is 11.3. The van der Waals surface area contributed by atoms with E-state index in [2.05, 4.69) is 0 Å². The van der Waals surface area contributed by atoms with Gasteiger partial charge in [0.05, 0.1) is 13.2 Å². The number of aryl methyl sites for hydroxylation is 1. The lowest BCUT2D eigenvalue weighted by Crippen LogP contribution is -2.31. The highest BCUT2D eigenvalue weighted by atomic mass is 16.5. The van der Waals surface area contributed by atoms with Crippen LogP contribution in [0.4, 0.5) is 0 Å². The molecule has 0 heterocycles. The summed E-state index contributed by atoms with van der Waals surface area (Å²) in [5.74, 6) is -0.404. The average molecular weight is 247 g/mol. The van der Waals surface area contributed by atoms with Gasteiger partial charge in [-0.25, -0.2) is 0 Å². The fourth-order valence-electron chi connectivity index (χ4n) is 2.12. The van der Waals surface area contributed by atoms with Crippen molar-refractivity contribution >= 4 is 5.97 Å². The van der Waals surface area contributed by atoms with Gasteiger partial charge >= 0.3 is 5.97 Å². The number of carboxylic acid groups (broad SMARTS) is 1. The van der Waals surface area contributed by atoms with Crippen LogP contribution in [0.3, 0.4) is 0 Å². The summed E-state index contributed by atoms with van der Waals surface area (Å²) in [6.07, 6.45) is 0. The summed E-state index contributed by atoms with van der Waals surface area (Å²) in [7, 11) is 1.58. The summed E-state index contributed by atoms with van der Waals surface area (Å²) in [5.41, 5.74) is 1.47. The number of benzene rings is 1. The third-order valence-electron chi connectivity index (χ3n) is 3.42. The second kappa shape index (κ2) is 4.69. The van der Waals surface area contributed by atoms with Crippen molar-refractivity contribution in [2.24, 2.45) is 0 Å². The second-order valence-corrected chi connectivity index (χ2v) is 4.57. The van der Waals surface area contributed by atoms with Crippen LogP contribution in [-0.2, 0) is 10.2 Å². The minimum Gasteiger partial charge on any atom is -0.496 e. The molecule has 1 rings (SSSR count). The quantitative estimate of drug-likeness (QED) is 0.890. The van der Waals surface area contributed by atoms with Gasteiger partial charge in [0.1, 0.15) is 5.75 Å². The molecule has 1 N–H and O–H groups in total. The van der Waals surface area contributed by atoms with E-state index < -0.39 is 11.4 Å². The van der Waals surface area contributed by atoms with E-state index >= 15 is 0 Å². The molecule has 4 heteroatoms. The highest BCUT2D eigenvalue weighted by Gasteiger charge is 2.37. The Balaban J connectivity index is 3.64. The van der Waals surface area contributed by atoms with Crippen LogP contribution < -0.4 is 4.74 Å². The lowest BCUT2D eigenvalue weighted by atomic mass is 9.79. The smallest absolute Gasteiger partial charge is 0.328 e. The average Bonchev–Trinajstić information content (AvgIpc) is 2.33. The van der Waals surface area contributed by atoms with Gasteiger partial charge in [0.2, 0.25) is 0 Å². The van der Waals surface area contributed by atoms with Crippen LogP contribution in [0.1, 0.15) is 29.2 Å². The van der Waals surface area contributed by atoms with Crippen LogP contribution in [0.2, 0.25) is 0 Å². The molecule has 0 bridgehead atoms. The summed E-state index contributed by atoms with van der Waals surface area (Å²) in [6, 6.07) is 3.61. The van der Waals surface area contributed by atoms with Gasteiger partial charge in [-0.1, -0.05) is 0 Å². The molecule has 0 aliphatic rings. The number of methoxy groups -OCH3 is 1. The largest absolute Gasteiger partial charge is 0.496 e. The topological polar surface area (TPSA) is 70.3 Å². The minimum absolute atomic E-state index is 0.522. The van der Waals surface area contributed by atoms with Gasteiger partial charge in [0.15, 0.2) is 5.41 Å². The molecule has 0 radical (unpaired) electrons. The van der Waals surface area contributed by atoms with Crippen LogP contribution in [-0.4, -0.2) is 18.2 Å². The number of hydrogen-bond donors (Lipinski definition) is 1. The molecular weight excluding hydrogens is 230 g/mol.